The van der Waals surface area contributed by atoms with E-state index in [9.17, 15) is 13.2 Å². The minimum atomic E-state index is -3.82. The van der Waals surface area contributed by atoms with E-state index in [0.29, 0.717) is 35.7 Å². The maximum absolute atomic E-state index is 12.9. The summed E-state index contributed by atoms with van der Waals surface area (Å²) in [5.41, 5.74) is 2.14. The average Bonchev–Trinajstić information content (AvgIpc) is 3.37. The molecule has 4 rings (SSSR count). The maximum atomic E-state index is 12.9. The molecular formula is C21H23N3O4S. The third-order valence-corrected chi connectivity index (χ3v) is 6.56. The van der Waals surface area contributed by atoms with Gasteiger partial charge >= 0.3 is 0 Å². The number of likely N-dealkylation sites (tertiary alicyclic amines) is 1. The zero-order valence-electron chi connectivity index (χ0n) is 16.4. The van der Waals surface area contributed by atoms with E-state index < -0.39 is 10.0 Å². The van der Waals surface area contributed by atoms with Crippen LogP contribution in [-0.4, -0.2) is 37.5 Å². The van der Waals surface area contributed by atoms with Crippen molar-refractivity contribution in [2.45, 2.75) is 37.5 Å². The van der Waals surface area contributed by atoms with Crippen LogP contribution >= 0.6 is 0 Å². The maximum Gasteiger partial charge on any atom is 0.276 e. The van der Waals surface area contributed by atoms with E-state index in [0.717, 1.165) is 18.4 Å². The highest BCUT2D eigenvalue weighted by Gasteiger charge is 2.26. The number of benzene rings is 2. The molecule has 2 heterocycles. The summed E-state index contributed by atoms with van der Waals surface area (Å²) < 4.78 is 33.6. The van der Waals surface area contributed by atoms with Gasteiger partial charge in [-0.2, -0.15) is 0 Å². The summed E-state index contributed by atoms with van der Waals surface area (Å²) in [5.74, 6) is 0.135. The Morgan fingerprint density at radius 1 is 1.10 bits per heavy atom. The van der Waals surface area contributed by atoms with Gasteiger partial charge in [0.15, 0.2) is 11.3 Å². The normalized spacial score (nSPS) is 14.7. The van der Waals surface area contributed by atoms with Crippen LogP contribution in [0.3, 0.4) is 0 Å². The van der Waals surface area contributed by atoms with Crippen molar-refractivity contribution < 1.29 is 17.7 Å². The van der Waals surface area contributed by atoms with Gasteiger partial charge in [-0.1, -0.05) is 31.1 Å². The quantitative estimate of drug-likeness (QED) is 0.683. The highest BCUT2D eigenvalue weighted by molar-refractivity contribution is 7.92. The van der Waals surface area contributed by atoms with Crippen LogP contribution in [0.2, 0.25) is 0 Å². The predicted octanol–water partition coefficient (Wildman–Crippen LogP) is 3.99. The summed E-state index contributed by atoms with van der Waals surface area (Å²) in [6.07, 6.45) is 1.92. The van der Waals surface area contributed by atoms with Crippen LogP contribution in [0.25, 0.3) is 11.0 Å². The highest BCUT2D eigenvalue weighted by Crippen LogP contribution is 2.26. The zero-order chi connectivity index (χ0) is 20.6. The van der Waals surface area contributed by atoms with E-state index in [2.05, 4.69) is 23.7 Å². The molecule has 1 aliphatic heterocycles. The molecule has 1 aromatic heterocycles. The van der Waals surface area contributed by atoms with E-state index >= 15 is 0 Å². The number of fused-ring (bicyclic) bond motifs is 1. The number of amides is 1. The van der Waals surface area contributed by atoms with Crippen molar-refractivity contribution in [2.24, 2.45) is 0 Å². The number of aromatic nitrogens is 1. The zero-order valence-corrected chi connectivity index (χ0v) is 17.2. The second-order valence-corrected chi connectivity index (χ2v) is 9.25. The molecule has 2 aromatic carbocycles. The van der Waals surface area contributed by atoms with Crippen molar-refractivity contribution in [3.63, 3.8) is 0 Å². The fourth-order valence-corrected chi connectivity index (χ4v) is 4.54. The molecule has 152 valence electrons. The molecule has 1 saturated heterocycles. The van der Waals surface area contributed by atoms with Crippen molar-refractivity contribution in [3.8, 4) is 0 Å². The molecule has 3 aromatic rings. The monoisotopic (exact) mass is 413 g/mol. The molecule has 1 fully saturated rings. The fourth-order valence-electron chi connectivity index (χ4n) is 3.46. The van der Waals surface area contributed by atoms with Gasteiger partial charge in [-0.05, 0) is 54.7 Å². The molecule has 0 bridgehead atoms. The smallest absolute Gasteiger partial charge is 0.276 e. The molecule has 0 radical (unpaired) electrons. The number of carbonyl (C=O) groups excluding carboxylic acids is 1. The number of rotatable bonds is 5. The Labute approximate surface area is 169 Å². The van der Waals surface area contributed by atoms with Gasteiger partial charge in [-0.25, -0.2) is 8.42 Å². The number of hydrogen-bond donors (Lipinski definition) is 1. The van der Waals surface area contributed by atoms with Gasteiger partial charge in [-0.15, -0.1) is 0 Å². The summed E-state index contributed by atoms with van der Waals surface area (Å²) >= 11 is 0. The Morgan fingerprint density at radius 2 is 1.79 bits per heavy atom. The van der Waals surface area contributed by atoms with Gasteiger partial charge < -0.3 is 9.42 Å². The molecule has 29 heavy (non-hydrogen) atoms. The summed E-state index contributed by atoms with van der Waals surface area (Å²) in [4.78, 5) is 14.5. The molecule has 0 aliphatic carbocycles. The summed E-state index contributed by atoms with van der Waals surface area (Å²) in [5, 5.41) is 4.29. The number of nitrogens with one attached hydrogen (secondary N) is 1. The number of carbonyl (C=O) groups is 1. The van der Waals surface area contributed by atoms with Crippen molar-refractivity contribution >= 4 is 32.6 Å². The number of hydrogen-bond acceptors (Lipinski definition) is 5. The van der Waals surface area contributed by atoms with E-state index in [-0.39, 0.29) is 16.5 Å². The minimum Gasteiger partial charge on any atom is -0.355 e. The topological polar surface area (TPSA) is 92.5 Å². The highest BCUT2D eigenvalue weighted by atomic mass is 32.2. The molecule has 7 nitrogen and oxygen atoms in total. The molecule has 0 spiro atoms. The second kappa shape index (κ2) is 7.51. The Hall–Kier alpha value is -2.87. The first-order chi connectivity index (χ1) is 13.8. The Morgan fingerprint density at radius 3 is 2.45 bits per heavy atom. The second-order valence-electron chi connectivity index (χ2n) is 7.57. The molecule has 0 saturated carbocycles. The van der Waals surface area contributed by atoms with Crippen LogP contribution in [0.4, 0.5) is 5.69 Å². The van der Waals surface area contributed by atoms with Crippen molar-refractivity contribution in [1.29, 1.82) is 0 Å². The van der Waals surface area contributed by atoms with Crippen LogP contribution in [0.15, 0.2) is 51.9 Å². The van der Waals surface area contributed by atoms with E-state index in [1.165, 1.54) is 18.2 Å². The van der Waals surface area contributed by atoms with Crippen LogP contribution in [-0.2, 0) is 10.0 Å². The first kappa shape index (κ1) is 19.4. The number of anilines is 1. The standard InChI is InChI=1S/C21H23N3O4S/c1-14(2)15-5-7-16(8-6-15)23-29(26,27)17-9-10-19-18(13-17)20(22-28-19)21(25)24-11-3-4-12-24/h5-10,13-14,23H,3-4,11-12H2,1-2H3. The molecule has 0 unspecified atom stereocenters. The van der Waals surface area contributed by atoms with Crippen molar-refractivity contribution in [2.75, 3.05) is 17.8 Å². The van der Waals surface area contributed by atoms with Gasteiger partial charge in [-0.3, -0.25) is 9.52 Å². The van der Waals surface area contributed by atoms with Crippen molar-refractivity contribution in [1.82, 2.24) is 10.1 Å². The largest absolute Gasteiger partial charge is 0.355 e. The lowest BCUT2D eigenvalue weighted by molar-refractivity contribution is 0.0784. The van der Waals surface area contributed by atoms with Crippen LogP contribution in [0.1, 0.15) is 48.7 Å². The summed E-state index contributed by atoms with van der Waals surface area (Å²) in [6, 6.07) is 11.7. The van der Waals surface area contributed by atoms with E-state index in [1.54, 1.807) is 17.0 Å². The summed E-state index contributed by atoms with van der Waals surface area (Å²) in [7, 11) is -3.82. The van der Waals surface area contributed by atoms with Gasteiger partial charge in [0.05, 0.1) is 10.3 Å². The third kappa shape index (κ3) is 3.85. The Bertz CT molecular complexity index is 1140. The molecular weight excluding hydrogens is 390 g/mol. The van der Waals surface area contributed by atoms with E-state index in [4.69, 9.17) is 4.52 Å². The first-order valence-corrected chi connectivity index (χ1v) is 11.1. The number of nitrogens with zero attached hydrogens (tertiary/aromatic N) is 2. The molecule has 1 N–H and O–H groups in total. The third-order valence-electron chi connectivity index (χ3n) is 5.18. The van der Waals surface area contributed by atoms with Gasteiger partial charge in [0, 0.05) is 18.8 Å². The predicted molar refractivity (Wildman–Crippen MR) is 110 cm³/mol. The van der Waals surface area contributed by atoms with E-state index in [1.807, 2.05) is 12.1 Å². The van der Waals surface area contributed by atoms with Gasteiger partial charge in [0.25, 0.3) is 15.9 Å². The summed E-state index contributed by atoms with van der Waals surface area (Å²) in [6.45, 7) is 5.51. The lowest BCUT2D eigenvalue weighted by Crippen LogP contribution is -2.28. The average molecular weight is 413 g/mol. The van der Waals surface area contributed by atoms with Gasteiger partial charge in [0.2, 0.25) is 0 Å². The van der Waals surface area contributed by atoms with Crippen LogP contribution in [0.5, 0.6) is 0 Å². The van der Waals surface area contributed by atoms with Crippen LogP contribution in [0, 0.1) is 0 Å². The molecule has 1 aliphatic rings. The molecule has 8 heteroatoms. The number of sulfonamides is 1. The molecule has 0 atom stereocenters. The minimum absolute atomic E-state index is 0.0524. The van der Waals surface area contributed by atoms with Crippen molar-refractivity contribution in [3.05, 3.63) is 53.7 Å². The Balaban J connectivity index is 1.64. The lowest BCUT2D eigenvalue weighted by atomic mass is 10.0. The van der Waals surface area contributed by atoms with Crippen LogP contribution < -0.4 is 4.72 Å². The fraction of sp³-hybridized carbons (Fsp3) is 0.333. The Kier molecular flexibility index (Phi) is 5.04. The SMILES string of the molecule is CC(C)c1ccc(NS(=O)(=O)c2ccc3onc(C(=O)N4CCCC4)c3c2)cc1. The van der Waals surface area contributed by atoms with Gasteiger partial charge in [0.1, 0.15) is 0 Å². The lowest BCUT2D eigenvalue weighted by Gasteiger charge is -2.13. The first-order valence-electron chi connectivity index (χ1n) is 9.66. The molecule has 1 amide bonds.